The normalized spacial score (nSPS) is 18.3. The standard InChI is InChI=1S/C23H15FN2O3S2/c1-12-4-6-13(7-5-12)20(27)18-19(16-3-2-10-30-16)26(22(29)21(18)28)23-25-15-9-8-14(24)11-17(15)31-23/h2-11,19,27H,1H3. The second-order valence-electron chi connectivity index (χ2n) is 7.16. The van der Waals surface area contributed by atoms with Gasteiger partial charge in [-0.25, -0.2) is 9.37 Å². The van der Waals surface area contributed by atoms with Gasteiger partial charge in [-0.15, -0.1) is 11.3 Å². The van der Waals surface area contributed by atoms with Gasteiger partial charge < -0.3 is 5.11 Å². The topological polar surface area (TPSA) is 70.5 Å². The van der Waals surface area contributed by atoms with Gasteiger partial charge >= 0.3 is 5.91 Å². The van der Waals surface area contributed by atoms with Gasteiger partial charge in [-0.2, -0.15) is 0 Å². The third kappa shape index (κ3) is 3.24. The highest BCUT2D eigenvalue weighted by molar-refractivity contribution is 7.22. The number of hydrogen-bond donors (Lipinski definition) is 1. The lowest BCUT2D eigenvalue weighted by Gasteiger charge is -2.21. The zero-order valence-corrected chi connectivity index (χ0v) is 17.8. The number of amides is 1. The Labute approximate surface area is 184 Å². The first-order valence-corrected chi connectivity index (χ1v) is 11.1. The summed E-state index contributed by atoms with van der Waals surface area (Å²) in [6.45, 7) is 1.92. The smallest absolute Gasteiger partial charge is 0.301 e. The number of thiophene rings is 1. The van der Waals surface area contributed by atoms with Crippen LogP contribution >= 0.6 is 22.7 Å². The van der Waals surface area contributed by atoms with Crippen molar-refractivity contribution in [2.75, 3.05) is 4.90 Å². The molecule has 154 valence electrons. The van der Waals surface area contributed by atoms with E-state index in [9.17, 15) is 19.1 Å². The number of fused-ring (bicyclic) bond motifs is 1. The summed E-state index contributed by atoms with van der Waals surface area (Å²) in [5.74, 6) is -2.18. The number of thiazole rings is 1. The molecule has 5 nitrogen and oxygen atoms in total. The summed E-state index contributed by atoms with van der Waals surface area (Å²) >= 11 is 2.51. The monoisotopic (exact) mass is 450 g/mol. The predicted molar refractivity (Wildman–Crippen MR) is 120 cm³/mol. The Morgan fingerprint density at radius 3 is 2.61 bits per heavy atom. The number of aromatic nitrogens is 1. The number of carbonyl (C=O) groups excluding carboxylic acids is 2. The summed E-state index contributed by atoms with van der Waals surface area (Å²) in [6, 6.07) is 14.1. The number of benzene rings is 2. The fourth-order valence-electron chi connectivity index (χ4n) is 3.60. The maximum atomic E-state index is 13.7. The van der Waals surface area contributed by atoms with Gasteiger partial charge in [0.05, 0.1) is 15.8 Å². The summed E-state index contributed by atoms with van der Waals surface area (Å²) in [5, 5.41) is 13.2. The molecular weight excluding hydrogens is 435 g/mol. The lowest BCUT2D eigenvalue weighted by molar-refractivity contribution is -0.132. The SMILES string of the molecule is Cc1ccc(C(O)=C2C(=O)C(=O)N(c3nc4ccc(F)cc4s3)C2c2cccs2)cc1. The second kappa shape index (κ2) is 7.40. The second-order valence-corrected chi connectivity index (χ2v) is 9.15. The zero-order chi connectivity index (χ0) is 21.7. The summed E-state index contributed by atoms with van der Waals surface area (Å²) in [7, 11) is 0. The van der Waals surface area contributed by atoms with Crippen molar-refractivity contribution >= 4 is 55.5 Å². The molecule has 0 saturated carbocycles. The van der Waals surface area contributed by atoms with Crippen LogP contribution in [-0.4, -0.2) is 21.8 Å². The molecule has 0 aliphatic carbocycles. The van der Waals surface area contributed by atoms with Crippen LogP contribution in [0.5, 0.6) is 0 Å². The van der Waals surface area contributed by atoms with E-state index in [1.165, 1.54) is 34.4 Å². The Morgan fingerprint density at radius 1 is 1.13 bits per heavy atom. The average Bonchev–Trinajstić information content (AvgIpc) is 3.47. The van der Waals surface area contributed by atoms with E-state index >= 15 is 0 Å². The minimum Gasteiger partial charge on any atom is -0.507 e. The van der Waals surface area contributed by atoms with Crippen LogP contribution in [0.3, 0.4) is 0 Å². The van der Waals surface area contributed by atoms with Crippen molar-refractivity contribution in [3.63, 3.8) is 0 Å². The highest BCUT2D eigenvalue weighted by atomic mass is 32.1. The van der Waals surface area contributed by atoms with E-state index in [4.69, 9.17) is 0 Å². The number of hydrogen-bond acceptors (Lipinski definition) is 6. The van der Waals surface area contributed by atoms with Crippen molar-refractivity contribution in [3.05, 3.63) is 87.4 Å². The van der Waals surface area contributed by atoms with Gasteiger partial charge in [0.2, 0.25) is 0 Å². The van der Waals surface area contributed by atoms with Crippen LogP contribution in [0.15, 0.2) is 65.6 Å². The molecule has 1 aliphatic heterocycles. The number of aliphatic hydroxyl groups is 1. The van der Waals surface area contributed by atoms with Gasteiger partial charge in [0, 0.05) is 10.4 Å². The molecule has 1 aliphatic rings. The molecule has 2 aromatic carbocycles. The first-order valence-electron chi connectivity index (χ1n) is 9.41. The number of Topliss-reactive ketones (excluding diaryl/α,β-unsaturated/α-hetero) is 1. The molecule has 1 atom stereocenters. The predicted octanol–water partition coefficient (Wildman–Crippen LogP) is 5.43. The van der Waals surface area contributed by atoms with Gasteiger partial charge in [-0.1, -0.05) is 47.2 Å². The Kier molecular flexibility index (Phi) is 4.68. The number of nitrogens with zero attached hydrogens (tertiary/aromatic N) is 2. The summed E-state index contributed by atoms with van der Waals surface area (Å²) in [5.41, 5.74) is 2.01. The number of anilines is 1. The lowest BCUT2D eigenvalue weighted by Crippen LogP contribution is -2.28. The maximum Gasteiger partial charge on any atom is 0.301 e. The van der Waals surface area contributed by atoms with Gasteiger partial charge in [0.1, 0.15) is 17.6 Å². The Bertz CT molecular complexity index is 1360. The van der Waals surface area contributed by atoms with E-state index in [0.29, 0.717) is 15.8 Å². The highest BCUT2D eigenvalue weighted by Crippen LogP contribution is 2.45. The van der Waals surface area contributed by atoms with Crippen LogP contribution in [0.4, 0.5) is 9.52 Å². The molecular formula is C23H15FN2O3S2. The van der Waals surface area contributed by atoms with Crippen LogP contribution in [0.1, 0.15) is 22.0 Å². The fraction of sp³-hybridized carbons (Fsp3) is 0.0870. The number of halogens is 1. The molecule has 3 heterocycles. The maximum absolute atomic E-state index is 13.7. The van der Waals surface area contributed by atoms with Gasteiger partial charge in [0.15, 0.2) is 5.13 Å². The molecule has 8 heteroatoms. The first-order chi connectivity index (χ1) is 14.9. The van der Waals surface area contributed by atoms with Crippen molar-refractivity contribution in [1.29, 1.82) is 0 Å². The molecule has 2 aromatic heterocycles. The van der Waals surface area contributed by atoms with Crippen LogP contribution in [0.2, 0.25) is 0 Å². The molecule has 0 spiro atoms. The van der Waals surface area contributed by atoms with E-state index in [-0.39, 0.29) is 16.5 Å². The number of aliphatic hydroxyl groups excluding tert-OH is 1. The van der Waals surface area contributed by atoms with Crippen molar-refractivity contribution in [2.45, 2.75) is 13.0 Å². The number of carbonyl (C=O) groups is 2. The van der Waals surface area contributed by atoms with Crippen molar-refractivity contribution in [1.82, 2.24) is 4.98 Å². The average molecular weight is 451 g/mol. The molecule has 31 heavy (non-hydrogen) atoms. The molecule has 1 N–H and O–H groups in total. The zero-order valence-electron chi connectivity index (χ0n) is 16.2. The van der Waals surface area contributed by atoms with Gasteiger partial charge in [0.25, 0.3) is 5.78 Å². The summed E-state index contributed by atoms with van der Waals surface area (Å²) in [6.07, 6.45) is 0. The van der Waals surface area contributed by atoms with E-state index in [1.54, 1.807) is 12.1 Å². The number of ketones is 1. The Hall–Kier alpha value is -3.36. The third-order valence-electron chi connectivity index (χ3n) is 5.13. The number of rotatable bonds is 3. The molecule has 1 fully saturated rings. The molecule has 0 bridgehead atoms. The largest absolute Gasteiger partial charge is 0.507 e. The lowest BCUT2D eigenvalue weighted by atomic mass is 9.99. The van der Waals surface area contributed by atoms with Crippen LogP contribution in [-0.2, 0) is 9.59 Å². The minimum absolute atomic E-state index is 0.0155. The van der Waals surface area contributed by atoms with E-state index in [1.807, 2.05) is 36.6 Å². The summed E-state index contributed by atoms with van der Waals surface area (Å²) in [4.78, 5) is 32.6. The molecule has 1 unspecified atom stereocenters. The summed E-state index contributed by atoms with van der Waals surface area (Å²) < 4.78 is 14.2. The third-order valence-corrected chi connectivity index (χ3v) is 7.07. The first kappa shape index (κ1) is 19.6. The van der Waals surface area contributed by atoms with Crippen LogP contribution < -0.4 is 4.90 Å². The Morgan fingerprint density at radius 2 is 1.90 bits per heavy atom. The molecule has 0 radical (unpaired) electrons. The molecule has 5 rings (SSSR count). The van der Waals surface area contributed by atoms with Crippen molar-refractivity contribution in [2.24, 2.45) is 0 Å². The van der Waals surface area contributed by atoms with Crippen LogP contribution in [0, 0.1) is 12.7 Å². The van der Waals surface area contributed by atoms with Crippen molar-refractivity contribution in [3.8, 4) is 0 Å². The number of aryl methyl sites for hydroxylation is 1. The van der Waals surface area contributed by atoms with Crippen LogP contribution in [0.25, 0.3) is 16.0 Å². The van der Waals surface area contributed by atoms with E-state index < -0.39 is 23.5 Å². The fourth-order valence-corrected chi connectivity index (χ4v) is 5.44. The highest BCUT2D eigenvalue weighted by Gasteiger charge is 2.48. The molecule has 4 aromatic rings. The van der Waals surface area contributed by atoms with E-state index in [0.717, 1.165) is 21.8 Å². The Balaban J connectivity index is 1.71. The minimum atomic E-state index is -0.813. The molecule has 1 saturated heterocycles. The molecule has 1 amide bonds. The quantitative estimate of drug-likeness (QED) is 0.257. The van der Waals surface area contributed by atoms with Crippen molar-refractivity contribution < 1.29 is 19.1 Å². The van der Waals surface area contributed by atoms with Gasteiger partial charge in [-0.3, -0.25) is 14.5 Å². The van der Waals surface area contributed by atoms with E-state index in [2.05, 4.69) is 4.98 Å². The van der Waals surface area contributed by atoms with Gasteiger partial charge in [-0.05, 0) is 36.6 Å².